The number of aromatic nitrogens is 1. The van der Waals surface area contributed by atoms with Gasteiger partial charge < -0.3 is 24.2 Å². The van der Waals surface area contributed by atoms with Crippen molar-refractivity contribution in [3.05, 3.63) is 41.5 Å². The third-order valence-electron chi connectivity index (χ3n) is 5.05. The lowest BCUT2D eigenvalue weighted by atomic mass is 9.94. The second kappa shape index (κ2) is 10.1. The van der Waals surface area contributed by atoms with Gasteiger partial charge in [-0.3, -0.25) is 4.90 Å². The van der Waals surface area contributed by atoms with E-state index in [0.717, 1.165) is 56.1 Å². The molecular formula is C22H35N5O3. The Bertz CT molecular complexity index is 815. The summed E-state index contributed by atoms with van der Waals surface area (Å²) in [5, 5.41) is 6.76. The normalized spacial score (nSPS) is 17.2. The van der Waals surface area contributed by atoms with E-state index in [0.29, 0.717) is 19.0 Å². The Balaban J connectivity index is 1.67. The molecule has 2 aromatic rings. The van der Waals surface area contributed by atoms with E-state index < -0.39 is 0 Å². The molecule has 1 atom stereocenters. The molecule has 2 N–H and O–H groups in total. The third-order valence-corrected chi connectivity index (χ3v) is 5.05. The highest BCUT2D eigenvalue weighted by Gasteiger charge is 2.25. The highest BCUT2D eigenvalue weighted by atomic mass is 16.5. The van der Waals surface area contributed by atoms with Gasteiger partial charge in [0.05, 0.1) is 25.5 Å². The van der Waals surface area contributed by atoms with Crippen molar-refractivity contribution in [1.29, 1.82) is 0 Å². The SMILES string of the molecule is CCNC(=NCc1ncc(C(C)(C)C)o1)NCC(c1ccc(C)o1)N1CCOCC1. The first-order valence-corrected chi connectivity index (χ1v) is 10.7. The third kappa shape index (κ3) is 6.09. The summed E-state index contributed by atoms with van der Waals surface area (Å²) in [7, 11) is 0. The molecule has 0 saturated carbocycles. The molecule has 1 fully saturated rings. The van der Waals surface area contributed by atoms with Crippen LogP contribution < -0.4 is 10.6 Å². The average Bonchev–Trinajstić information content (AvgIpc) is 3.36. The van der Waals surface area contributed by atoms with E-state index in [4.69, 9.17) is 13.6 Å². The number of aryl methyl sites for hydroxylation is 1. The number of furan rings is 1. The topological polar surface area (TPSA) is 88.1 Å². The Hall–Kier alpha value is -2.32. The van der Waals surface area contributed by atoms with Crippen LogP contribution in [0.1, 0.15) is 56.9 Å². The highest BCUT2D eigenvalue weighted by Crippen LogP contribution is 2.24. The summed E-state index contributed by atoms with van der Waals surface area (Å²) in [4.78, 5) is 11.4. The number of ether oxygens (including phenoxy) is 1. The van der Waals surface area contributed by atoms with Crippen LogP contribution in [0, 0.1) is 6.92 Å². The minimum absolute atomic E-state index is 0.0652. The van der Waals surface area contributed by atoms with Crippen LogP contribution in [-0.2, 0) is 16.7 Å². The monoisotopic (exact) mass is 417 g/mol. The van der Waals surface area contributed by atoms with E-state index in [-0.39, 0.29) is 11.5 Å². The molecule has 1 saturated heterocycles. The van der Waals surface area contributed by atoms with Crippen LogP contribution in [0.2, 0.25) is 0 Å². The summed E-state index contributed by atoms with van der Waals surface area (Å²) >= 11 is 0. The van der Waals surface area contributed by atoms with Gasteiger partial charge in [-0.15, -0.1) is 0 Å². The summed E-state index contributed by atoms with van der Waals surface area (Å²) < 4.78 is 17.3. The van der Waals surface area contributed by atoms with E-state index >= 15 is 0 Å². The van der Waals surface area contributed by atoms with Crippen LogP contribution in [0.4, 0.5) is 0 Å². The quantitative estimate of drug-likeness (QED) is 0.529. The maximum atomic E-state index is 5.95. The molecule has 0 amide bonds. The molecule has 8 nitrogen and oxygen atoms in total. The fourth-order valence-electron chi connectivity index (χ4n) is 3.34. The summed E-state index contributed by atoms with van der Waals surface area (Å²) in [6.45, 7) is 15.4. The first kappa shape index (κ1) is 22.4. The first-order chi connectivity index (χ1) is 14.4. The lowest BCUT2D eigenvalue weighted by molar-refractivity contribution is 0.0124. The predicted molar refractivity (Wildman–Crippen MR) is 117 cm³/mol. The maximum Gasteiger partial charge on any atom is 0.216 e. The van der Waals surface area contributed by atoms with Crippen molar-refractivity contribution < 1.29 is 13.6 Å². The number of nitrogens with zero attached hydrogens (tertiary/aromatic N) is 3. The summed E-state index contributed by atoms with van der Waals surface area (Å²) in [5.41, 5.74) is -0.0652. The fraction of sp³-hybridized carbons (Fsp3) is 0.636. The molecule has 1 aliphatic heterocycles. The smallest absolute Gasteiger partial charge is 0.216 e. The van der Waals surface area contributed by atoms with Gasteiger partial charge in [0.2, 0.25) is 5.89 Å². The number of hydrogen-bond donors (Lipinski definition) is 2. The second-order valence-electron chi connectivity index (χ2n) is 8.56. The molecule has 30 heavy (non-hydrogen) atoms. The number of aliphatic imine (C=N–C) groups is 1. The van der Waals surface area contributed by atoms with Crippen LogP contribution in [0.25, 0.3) is 0 Å². The number of rotatable bonds is 7. The predicted octanol–water partition coefficient (Wildman–Crippen LogP) is 3.00. The van der Waals surface area contributed by atoms with Crippen molar-refractivity contribution in [2.24, 2.45) is 4.99 Å². The Labute approximate surface area is 179 Å². The fourth-order valence-corrected chi connectivity index (χ4v) is 3.34. The first-order valence-electron chi connectivity index (χ1n) is 10.7. The summed E-state index contributed by atoms with van der Waals surface area (Å²) in [5.74, 6) is 4.09. The van der Waals surface area contributed by atoms with Gasteiger partial charge in [-0.1, -0.05) is 20.8 Å². The molecule has 2 aromatic heterocycles. The van der Waals surface area contributed by atoms with Crippen molar-refractivity contribution in [3.8, 4) is 0 Å². The van der Waals surface area contributed by atoms with Crippen LogP contribution in [0.15, 0.2) is 32.2 Å². The standard InChI is InChI=1S/C22H35N5O3/c1-6-23-21(26-15-20-24-14-19(30-20)22(3,4)5)25-13-17(18-8-7-16(2)29-18)27-9-11-28-12-10-27/h7-8,14,17H,6,9-13,15H2,1-5H3,(H2,23,25,26). The van der Waals surface area contributed by atoms with Crippen LogP contribution >= 0.6 is 0 Å². The van der Waals surface area contributed by atoms with Gasteiger partial charge in [0.25, 0.3) is 0 Å². The van der Waals surface area contributed by atoms with E-state index in [1.165, 1.54) is 0 Å². The van der Waals surface area contributed by atoms with Crippen LogP contribution in [-0.4, -0.2) is 55.2 Å². The number of nitrogens with one attached hydrogen (secondary N) is 2. The number of hydrogen-bond acceptors (Lipinski definition) is 6. The maximum absolute atomic E-state index is 5.95. The summed E-state index contributed by atoms with van der Waals surface area (Å²) in [6.07, 6.45) is 1.79. The number of guanidine groups is 1. The van der Waals surface area contributed by atoms with Crippen molar-refractivity contribution in [1.82, 2.24) is 20.5 Å². The van der Waals surface area contributed by atoms with Crippen molar-refractivity contribution >= 4 is 5.96 Å². The molecule has 0 aliphatic carbocycles. The molecule has 3 heterocycles. The Kier molecular flexibility index (Phi) is 7.55. The van der Waals surface area contributed by atoms with Gasteiger partial charge in [-0.2, -0.15) is 0 Å². The van der Waals surface area contributed by atoms with Crippen molar-refractivity contribution in [3.63, 3.8) is 0 Å². The lowest BCUT2D eigenvalue weighted by Crippen LogP contribution is -2.46. The zero-order chi connectivity index (χ0) is 21.6. The minimum Gasteiger partial charge on any atom is -0.465 e. The Morgan fingerprint density at radius 3 is 2.57 bits per heavy atom. The van der Waals surface area contributed by atoms with E-state index in [1.807, 2.05) is 13.0 Å². The average molecular weight is 418 g/mol. The molecular weight excluding hydrogens is 382 g/mol. The van der Waals surface area contributed by atoms with E-state index in [2.05, 4.69) is 59.3 Å². The molecule has 0 radical (unpaired) electrons. The molecule has 3 rings (SSSR count). The second-order valence-corrected chi connectivity index (χ2v) is 8.56. The Morgan fingerprint density at radius 1 is 1.20 bits per heavy atom. The van der Waals surface area contributed by atoms with E-state index in [1.54, 1.807) is 6.20 Å². The molecule has 1 unspecified atom stereocenters. The van der Waals surface area contributed by atoms with Crippen LogP contribution in [0.3, 0.4) is 0 Å². The number of oxazole rings is 1. The minimum atomic E-state index is -0.0652. The molecule has 0 aromatic carbocycles. The lowest BCUT2D eigenvalue weighted by Gasteiger charge is -2.33. The van der Waals surface area contributed by atoms with Gasteiger partial charge in [-0.25, -0.2) is 9.98 Å². The molecule has 8 heteroatoms. The van der Waals surface area contributed by atoms with Gasteiger partial charge in [0.15, 0.2) is 5.96 Å². The van der Waals surface area contributed by atoms with Gasteiger partial charge in [0.1, 0.15) is 23.8 Å². The Morgan fingerprint density at radius 2 is 1.97 bits per heavy atom. The largest absolute Gasteiger partial charge is 0.465 e. The van der Waals surface area contributed by atoms with Gasteiger partial charge in [0, 0.05) is 31.6 Å². The number of morpholine rings is 1. The van der Waals surface area contributed by atoms with Crippen molar-refractivity contribution in [2.75, 3.05) is 39.4 Å². The molecule has 1 aliphatic rings. The van der Waals surface area contributed by atoms with Crippen LogP contribution in [0.5, 0.6) is 0 Å². The van der Waals surface area contributed by atoms with E-state index in [9.17, 15) is 0 Å². The zero-order valence-electron chi connectivity index (χ0n) is 18.8. The summed E-state index contributed by atoms with van der Waals surface area (Å²) in [6, 6.07) is 4.18. The molecule has 0 bridgehead atoms. The molecule has 0 spiro atoms. The van der Waals surface area contributed by atoms with Gasteiger partial charge >= 0.3 is 0 Å². The van der Waals surface area contributed by atoms with Gasteiger partial charge in [-0.05, 0) is 26.0 Å². The highest BCUT2D eigenvalue weighted by molar-refractivity contribution is 5.79. The zero-order valence-corrected chi connectivity index (χ0v) is 18.8. The molecule has 166 valence electrons. The van der Waals surface area contributed by atoms with Crippen molar-refractivity contribution in [2.45, 2.75) is 52.6 Å².